The fourth-order valence-corrected chi connectivity index (χ4v) is 3.60. The van der Waals surface area contributed by atoms with Crippen molar-refractivity contribution in [3.63, 3.8) is 0 Å². The molecule has 0 aromatic heterocycles. The van der Waals surface area contributed by atoms with E-state index in [9.17, 15) is 13.2 Å². The first-order chi connectivity index (χ1) is 12.2. The second-order valence-electron chi connectivity index (χ2n) is 6.61. The Bertz CT molecular complexity index is 905. The highest BCUT2D eigenvalue weighted by atomic mass is 32.2. The summed E-state index contributed by atoms with van der Waals surface area (Å²) in [5, 5.41) is 2.94. The number of benzene rings is 2. The van der Waals surface area contributed by atoms with Gasteiger partial charge in [0.1, 0.15) is 0 Å². The highest BCUT2D eigenvalue weighted by molar-refractivity contribution is 7.89. The van der Waals surface area contributed by atoms with E-state index in [0.717, 1.165) is 27.5 Å². The van der Waals surface area contributed by atoms with E-state index in [4.69, 9.17) is 0 Å². The number of carbonyl (C=O) groups is 1. The first-order valence-corrected chi connectivity index (χ1v) is 10.1. The second-order valence-corrected chi connectivity index (χ2v) is 8.77. The minimum Gasteiger partial charge on any atom is -0.322 e. The predicted molar refractivity (Wildman–Crippen MR) is 105 cm³/mol. The van der Waals surface area contributed by atoms with Gasteiger partial charge >= 0.3 is 0 Å². The van der Waals surface area contributed by atoms with Crippen molar-refractivity contribution in [1.29, 1.82) is 0 Å². The molecule has 140 valence electrons. The summed E-state index contributed by atoms with van der Waals surface area (Å²) < 4.78 is 25.8. The van der Waals surface area contributed by atoms with Crippen LogP contribution in [0.3, 0.4) is 0 Å². The number of nitrogens with one attached hydrogen (secondary N) is 1. The highest BCUT2D eigenvalue weighted by Gasteiger charge is 2.21. The molecule has 2 rings (SSSR count). The predicted octanol–water partition coefficient (Wildman–Crippen LogP) is 4.01. The Morgan fingerprint density at radius 1 is 1.15 bits per heavy atom. The maximum atomic E-state index is 12.8. The van der Waals surface area contributed by atoms with Gasteiger partial charge in [0.15, 0.2) is 0 Å². The zero-order valence-corrected chi connectivity index (χ0v) is 16.7. The summed E-state index contributed by atoms with van der Waals surface area (Å²) in [6.07, 6.45) is 0.961. The maximum Gasteiger partial charge on any atom is 0.255 e. The Balaban J connectivity index is 2.40. The van der Waals surface area contributed by atoms with Gasteiger partial charge in [-0.1, -0.05) is 38.1 Å². The third-order valence-electron chi connectivity index (χ3n) is 4.58. The molecule has 0 heterocycles. The third kappa shape index (κ3) is 4.14. The number of hydrogen-bond acceptors (Lipinski definition) is 3. The molecule has 0 fully saturated rings. The molecule has 1 N–H and O–H groups in total. The molecule has 0 saturated heterocycles. The molecule has 2 aromatic carbocycles. The van der Waals surface area contributed by atoms with E-state index in [1.807, 2.05) is 24.3 Å². The van der Waals surface area contributed by atoms with Gasteiger partial charge in [-0.25, -0.2) is 12.7 Å². The standard InChI is InChI=1S/C20H26N2O3S/c1-6-14(2)17-9-7-8-10-19(17)21-20(23)18-13-16(12-11-15(18)3)26(24,25)22(4)5/h7-14H,6H2,1-5H3,(H,21,23)/t14-/m0/s1. The normalized spacial score (nSPS) is 12.8. The lowest BCUT2D eigenvalue weighted by Crippen LogP contribution is -2.23. The minimum absolute atomic E-state index is 0.105. The monoisotopic (exact) mass is 374 g/mol. The van der Waals surface area contributed by atoms with Gasteiger partial charge in [0, 0.05) is 25.3 Å². The largest absolute Gasteiger partial charge is 0.322 e. The lowest BCUT2D eigenvalue weighted by atomic mass is 9.96. The number of para-hydroxylation sites is 1. The van der Waals surface area contributed by atoms with Crippen LogP contribution in [0.5, 0.6) is 0 Å². The Labute approximate surface area is 156 Å². The molecule has 5 nitrogen and oxygen atoms in total. The topological polar surface area (TPSA) is 66.5 Å². The highest BCUT2D eigenvalue weighted by Crippen LogP contribution is 2.27. The van der Waals surface area contributed by atoms with E-state index in [0.29, 0.717) is 11.5 Å². The van der Waals surface area contributed by atoms with E-state index in [-0.39, 0.29) is 10.8 Å². The first-order valence-electron chi connectivity index (χ1n) is 8.62. The van der Waals surface area contributed by atoms with Crippen LogP contribution in [0.1, 0.15) is 47.7 Å². The smallest absolute Gasteiger partial charge is 0.255 e. The molecule has 6 heteroatoms. The molecule has 1 amide bonds. The zero-order chi connectivity index (χ0) is 19.5. The van der Waals surface area contributed by atoms with Crippen LogP contribution in [-0.2, 0) is 10.0 Å². The van der Waals surface area contributed by atoms with E-state index in [1.165, 1.54) is 26.2 Å². The van der Waals surface area contributed by atoms with Gasteiger partial charge in [-0.2, -0.15) is 0 Å². The molecule has 1 atom stereocenters. The summed E-state index contributed by atoms with van der Waals surface area (Å²) in [4.78, 5) is 12.9. The molecule has 0 saturated carbocycles. The molecule has 0 unspecified atom stereocenters. The van der Waals surface area contributed by atoms with E-state index in [2.05, 4.69) is 19.2 Å². The summed E-state index contributed by atoms with van der Waals surface area (Å²) in [7, 11) is -0.656. The first kappa shape index (κ1) is 20.1. The molecule has 2 aromatic rings. The number of amides is 1. The van der Waals surface area contributed by atoms with E-state index < -0.39 is 10.0 Å². The molecule has 0 aliphatic heterocycles. The molecule has 0 radical (unpaired) electrons. The van der Waals surface area contributed by atoms with Crippen LogP contribution in [0, 0.1) is 6.92 Å². The van der Waals surface area contributed by atoms with Crippen molar-refractivity contribution in [2.45, 2.75) is 38.0 Å². The van der Waals surface area contributed by atoms with Crippen molar-refractivity contribution in [3.8, 4) is 0 Å². The Hall–Kier alpha value is -2.18. The van der Waals surface area contributed by atoms with Crippen molar-refractivity contribution < 1.29 is 13.2 Å². The summed E-state index contributed by atoms with van der Waals surface area (Å²) >= 11 is 0. The van der Waals surface area contributed by atoms with Crippen molar-refractivity contribution in [3.05, 3.63) is 59.2 Å². The molecule has 26 heavy (non-hydrogen) atoms. The summed E-state index contributed by atoms with van der Waals surface area (Å²) in [6, 6.07) is 12.3. The van der Waals surface area contributed by atoms with Gasteiger partial charge in [-0.05, 0) is 48.6 Å². The van der Waals surface area contributed by atoms with Gasteiger partial charge < -0.3 is 5.32 Å². The number of nitrogens with zero attached hydrogens (tertiary/aromatic N) is 1. The Kier molecular flexibility index (Phi) is 6.21. The van der Waals surface area contributed by atoms with Gasteiger partial charge in [0.05, 0.1) is 4.90 Å². The SMILES string of the molecule is CC[C@H](C)c1ccccc1NC(=O)c1cc(S(=O)(=O)N(C)C)ccc1C. The molecule has 0 bridgehead atoms. The van der Waals surface area contributed by atoms with Crippen LogP contribution in [0.15, 0.2) is 47.4 Å². The van der Waals surface area contributed by atoms with Crippen molar-refractivity contribution in [2.24, 2.45) is 0 Å². The average molecular weight is 375 g/mol. The van der Waals surface area contributed by atoms with Gasteiger partial charge in [0.2, 0.25) is 10.0 Å². The lowest BCUT2D eigenvalue weighted by molar-refractivity contribution is 0.102. The van der Waals surface area contributed by atoms with E-state index >= 15 is 0 Å². The molecule has 0 aliphatic carbocycles. The number of sulfonamides is 1. The van der Waals surface area contributed by atoms with Crippen LogP contribution in [0.2, 0.25) is 0 Å². The van der Waals surface area contributed by atoms with Crippen LogP contribution < -0.4 is 5.32 Å². The quantitative estimate of drug-likeness (QED) is 0.831. The average Bonchev–Trinajstić information content (AvgIpc) is 2.61. The number of carbonyl (C=O) groups excluding carboxylic acids is 1. The molecule has 0 spiro atoms. The number of hydrogen-bond donors (Lipinski definition) is 1. The summed E-state index contributed by atoms with van der Waals surface area (Å²) in [5.74, 6) is 0.00195. The Morgan fingerprint density at radius 2 is 1.81 bits per heavy atom. The van der Waals surface area contributed by atoms with Crippen molar-refractivity contribution >= 4 is 21.6 Å². The number of anilines is 1. The van der Waals surface area contributed by atoms with Crippen molar-refractivity contribution in [2.75, 3.05) is 19.4 Å². The van der Waals surface area contributed by atoms with Gasteiger partial charge in [0.25, 0.3) is 5.91 Å². The van der Waals surface area contributed by atoms with E-state index in [1.54, 1.807) is 13.0 Å². The van der Waals surface area contributed by atoms with Crippen molar-refractivity contribution in [1.82, 2.24) is 4.31 Å². The van der Waals surface area contributed by atoms with Crippen LogP contribution >= 0.6 is 0 Å². The molecule has 0 aliphatic rings. The molecular weight excluding hydrogens is 348 g/mol. The molecular formula is C20H26N2O3S. The minimum atomic E-state index is -3.59. The summed E-state index contributed by atoms with van der Waals surface area (Å²) in [6.45, 7) is 6.01. The number of aryl methyl sites for hydroxylation is 1. The zero-order valence-electron chi connectivity index (χ0n) is 15.9. The number of rotatable bonds is 6. The van der Waals surface area contributed by atoms with Crippen LogP contribution in [0.25, 0.3) is 0 Å². The third-order valence-corrected chi connectivity index (χ3v) is 6.40. The Morgan fingerprint density at radius 3 is 2.42 bits per heavy atom. The fraction of sp³-hybridized carbons (Fsp3) is 0.350. The maximum absolute atomic E-state index is 12.8. The van der Waals surface area contributed by atoms with Crippen LogP contribution in [-0.4, -0.2) is 32.7 Å². The second kappa shape index (κ2) is 8.01. The summed E-state index contributed by atoms with van der Waals surface area (Å²) in [5.41, 5.74) is 2.90. The fourth-order valence-electron chi connectivity index (χ4n) is 2.67. The van der Waals surface area contributed by atoms with Gasteiger partial charge in [-0.3, -0.25) is 4.79 Å². The lowest BCUT2D eigenvalue weighted by Gasteiger charge is -2.17. The van der Waals surface area contributed by atoms with Crippen LogP contribution in [0.4, 0.5) is 5.69 Å². The van der Waals surface area contributed by atoms with Gasteiger partial charge in [-0.15, -0.1) is 0 Å².